The molecule has 0 radical (unpaired) electrons. The Balaban J connectivity index is 1.43. The predicted octanol–water partition coefficient (Wildman–Crippen LogP) is 5.50. The third kappa shape index (κ3) is 6.05. The molecule has 37 heavy (non-hydrogen) atoms. The fourth-order valence-electron chi connectivity index (χ4n) is 4.97. The van der Waals surface area contributed by atoms with Gasteiger partial charge in [0.1, 0.15) is 24.6 Å². The molecular weight excluding hydrogens is 499 g/mol. The standard InChI is InChI=1S/C27H30ClFN4O4/c1-35-26(34)14-33-10-4-5-18(33)15-36-24-12-20-23(13-25(24)37-19-6-2-3-7-19)30-16-31-27(20)32-17-8-9-22(29)21(28)11-17/h8-9,11-13,16,18-19H,2-7,10,14-15H2,1H3,(H,30,31,32)/t18-/m0/s1. The highest BCUT2D eigenvalue weighted by atomic mass is 35.5. The number of aromatic nitrogens is 2. The van der Waals surface area contributed by atoms with E-state index in [4.69, 9.17) is 25.8 Å². The molecule has 5 rings (SSSR count). The first-order valence-electron chi connectivity index (χ1n) is 12.6. The highest BCUT2D eigenvalue weighted by Gasteiger charge is 2.28. The summed E-state index contributed by atoms with van der Waals surface area (Å²) in [6, 6.07) is 8.27. The number of methoxy groups -OCH3 is 1. The summed E-state index contributed by atoms with van der Waals surface area (Å²) < 4.78 is 31.2. The minimum absolute atomic E-state index is 0.0210. The van der Waals surface area contributed by atoms with Crippen LogP contribution in [0.2, 0.25) is 5.02 Å². The molecule has 0 amide bonds. The number of carbonyl (C=O) groups excluding carboxylic acids is 1. The Morgan fingerprint density at radius 3 is 2.76 bits per heavy atom. The molecule has 2 heterocycles. The fourth-order valence-corrected chi connectivity index (χ4v) is 5.15. The largest absolute Gasteiger partial charge is 0.488 e. The molecule has 2 fully saturated rings. The van der Waals surface area contributed by atoms with Crippen molar-refractivity contribution in [2.24, 2.45) is 0 Å². The summed E-state index contributed by atoms with van der Waals surface area (Å²) in [7, 11) is 1.40. The monoisotopic (exact) mass is 528 g/mol. The molecule has 1 aliphatic heterocycles. The van der Waals surface area contributed by atoms with Crippen LogP contribution in [0.1, 0.15) is 38.5 Å². The zero-order valence-corrected chi connectivity index (χ0v) is 21.5. The van der Waals surface area contributed by atoms with Gasteiger partial charge in [-0.25, -0.2) is 14.4 Å². The Hall–Kier alpha value is -3.17. The number of carbonyl (C=O) groups is 1. The summed E-state index contributed by atoms with van der Waals surface area (Å²) in [6.45, 7) is 1.48. The number of hydrogen-bond donors (Lipinski definition) is 1. The van der Waals surface area contributed by atoms with Crippen molar-refractivity contribution in [1.29, 1.82) is 0 Å². The number of hydrogen-bond acceptors (Lipinski definition) is 8. The van der Waals surface area contributed by atoms with Gasteiger partial charge in [0.05, 0.1) is 30.3 Å². The molecule has 10 heteroatoms. The maximum Gasteiger partial charge on any atom is 0.319 e. The van der Waals surface area contributed by atoms with Crippen LogP contribution in [0.3, 0.4) is 0 Å². The van der Waals surface area contributed by atoms with Crippen molar-refractivity contribution in [3.05, 3.63) is 47.5 Å². The molecule has 1 saturated heterocycles. The van der Waals surface area contributed by atoms with E-state index in [1.165, 1.54) is 25.6 Å². The summed E-state index contributed by atoms with van der Waals surface area (Å²) in [5, 5.41) is 3.96. The number of nitrogens with one attached hydrogen (secondary N) is 1. The van der Waals surface area contributed by atoms with Crippen molar-refractivity contribution in [3.63, 3.8) is 0 Å². The van der Waals surface area contributed by atoms with Crippen LogP contribution in [0, 0.1) is 5.82 Å². The van der Waals surface area contributed by atoms with Gasteiger partial charge in [0.25, 0.3) is 0 Å². The lowest BCUT2D eigenvalue weighted by Gasteiger charge is -2.24. The second-order valence-electron chi connectivity index (χ2n) is 9.47. The molecule has 8 nitrogen and oxygen atoms in total. The summed E-state index contributed by atoms with van der Waals surface area (Å²) in [5.74, 6) is 1.04. The first-order valence-corrected chi connectivity index (χ1v) is 13.0. The number of halogens is 2. The van der Waals surface area contributed by atoms with Gasteiger partial charge in [0.15, 0.2) is 11.5 Å². The van der Waals surface area contributed by atoms with Crippen LogP contribution in [0.15, 0.2) is 36.7 Å². The number of rotatable bonds is 9. The third-order valence-corrected chi connectivity index (χ3v) is 7.26. The van der Waals surface area contributed by atoms with Crippen LogP contribution in [0.25, 0.3) is 10.9 Å². The second kappa shape index (κ2) is 11.5. The molecule has 1 atom stereocenters. The normalized spacial score (nSPS) is 18.3. The Morgan fingerprint density at radius 2 is 1.97 bits per heavy atom. The van der Waals surface area contributed by atoms with E-state index in [9.17, 15) is 9.18 Å². The van der Waals surface area contributed by atoms with E-state index in [1.807, 2.05) is 12.1 Å². The maximum atomic E-state index is 13.6. The van der Waals surface area contributed by atoms with Crippen LogP contribution >= 0.6 is 11.6 Å². The quantitative estimate of drug-likeness (QED) is 0.364. The van der Waals surface area contributed by atoms with E-state index in [2.05, 4.69) is 20.2 Å². The molecule has 1 aromatic heterocycles. The Morgan fingerprint density at radius 1 is 1.14 bits per heavy atom. The molecule has 0 spiro atoms. The molecule has 1 saturated carbocycles. The smallest absolute Gasteiger partial charge is 0.319 e. The van der Waals surface area contributed by atoms with Crippen molar-refractivity contribution in [1.82, 2.24) is 14.9 Å². The summed E-state index contributed by atoms with van der Waals surface area (Å²) >= 11 is 5.96. The SMILES string of the molecule is COC(=O)CN1CCC[C@H]1COc1cc2c(Nc3ccc(F)c(Cl)c3)ncnc2cc1OC1CCCC1. The lowest BCUT2D eigenvalue weighted by atomic mass is 10.2. The number of nitrogens with zero attached hydrogens (tertiary/aromatic N) is 3. The van der Waals surface area contributed by atoms with E-state index in [0.29, 0.717) is 35.1 Å². The van der Waals surface area contributed by atoms with Gasteiger partial charge in [-0.15, -0.1) is 0 Å². The molecule has 196 valence electrons. The van der Waals surface area contributed by atoms with E-state index >= 15 is 0 Å². The van der Waals surface area contributed by atoms with Crippen molar-refractivity contribution in [2.75, 3.05) is 32.1 Å². The average molecular weight is 529 g/mol. The topological polar surface area (TPSA) is 85.8 Å². The summed E-state index contributed by atoms with van der Waals surface area (Å²) in [5.41, 5.74) is 1.30. The van der Waals surface area contributed by atoms with Gasteiger partial charge in [-0.1, -0.05) is 11.6 Å². The van der Waals surface area contributed by atoms with E-state index in [0.717, 1.165) is 50.5 Å². The number of fused-ring (bicyclic) bond motifs is 1. The second-order valence-corrected chi connectivity index (χ2v) is 9.88. The van der Waals surface area contributed by atoms with Crippen LogP contribution in [0.5, 0.6) is 11.5 Å². The van der Waals surface area contributed by atoms with Gasteiger partial charge < -0.3 is 19.5 Å². The summed E-state index contributed by atoms with van der Waals surface area (Å²) in [4.78, 5) is 22.8. The van der Waals surface area contributed by atoms with Gasteiger partial charge in [-0.05, 0) is 69.3 Å². The molecule has 2 aromatic carbocycles. The number of likely N-dealkylation sites (tertiary alicyclic amines) is 1. The molecular formula is C27H30ClFN4O4. The first-order chi connectivity index (χ1) is 18.0. The Bertz CT molecular complexity index is 1270. The number of ether oxygens (including phenoxy) is 3. The van der Waals surface area contributed by atoms with E-state index < -0.39 is 5.82 Å². The van der Waals surface area contributed by atoms with Crippen molar-refractivity contribution < 1.29 is 23.4 Å². The lowest BCUT2D eigenvalue weighted by molar-refractivity contribution is -0.142. The number of anilines is 2. The van der Waals surface area contributed by atoms with Gasteiger partial charge >= 0.3 is 5.97 Å². The van der Waals surface area contributed by atoms with Crippen molar-refractivity contribution >= 4 is 40.0 Å². The Kier molecular flexibility index (Phi) is 7.90. The van der Waals surface area contributed by atoms with Gasteiger partial charge in [0.2, 0.25) is 0 Å². The van der Waals surface area contributed by atoms with Crippen LogP contribution in [-0.4, -0.2) is 59.8 Å². The third-order valence-electron chi connectivity index (χ3n) is 6.97. The fraction of sp³-hybridized carbons (Fsp3) is 0.444. The Labute approximate surface area is 220 Å². The number of esters is 1. The predicted molar refractivity (Wildman–Crippen MR) is 139 cm³/mol. The van der Waals surface area contributed by atoms with Gasteiger partial charge in [-0.2, -0.15) is 0 Å². The molecule has 3 aromatic rings. The van der Waals surface area contributed by atoms with Crippen LogP contribution in [0.4, 0.5) is 15.9 Å². The molecule has 0 unspecified atom stereocenters. The highest BCUT2D eigenvalue weighted by Crippen LogP contribution is 2.38. The number of benzene rings is 2. The van der Waals surface area contributed by atoms with Crippen molar-refractivity contribution in [3.8, 4) is 11.5 Å². The molecule has 1 N–H and O–H groups in total. The van der Waals surface area contributed by atoms with Crippen LogP contribution in [-0.2, 0) is 9.53 Å². The summed E-state index contributed by atoms with van der Waals surface area (Å²) in [6.07, 6.45) is 7.86. The van der Waals surface area contributed by atoms with Crippen molar-refractivity contribution in [2.45, 2.75) is 50.7 Å². The van der Waals surface area contributed by atoms with Gasteiger partial charge in [0, 0.05) is 23.2 Å². The van der Waals surface area contributed by atoms with E-state index in [1.54, 1.807) is 6.07 Å². The lowest BCUT2D eigenvalue weighted by Crippen LogP contribution is -2.38. The maximum absolute atomic E-state index is 13.6. The average Bonchev–Trinajstić information content (AvgIpc) is 3.57. The minimum atomic E-state index is -0.489. The molecule has 1 aliphatic carbocycles. The molecule has 0 bridgehead atoms. The zero-order chi connectivity index (χ0) is 25.8. The first kappa shape index (κ1) is 25.5. The van der Waals surface area contributed by atoms with E-state index in [-0.39, 0.29) is 29.7 Å². The van der Waals surface area contributed by atoms with Crippen LogP contribution < -0.4 is 14.8 Å². The van der Waals surface area contributed by atoms with Gasteiger partial charge in [-0.3, -0.25) is 9.69 Å². The highest BCUT2D eigenvalue weighted by molar-refractivity contribution is 6.31. The molecule has 2 aliphatic rings. The zero-order valence-electron chi connectivity index (χ0n) is 20.7. The minimum Gasteiger partial charge on any atom is -0.488 e.